The second kappa shape index (κ2) is 8.93. The van der Waals surface area contributed by atoms with E-state index in [9.17, 15) is 14.3 Å². The maximum absolute atomic E-state index is 14.8. The van der Waals surface area contributed by atoms with Gasteiger partial charge in [-0.05, 0) is 44.0 Å². The fourth-order valence-corrected chi connectivity index (χ4v) is 4.12. The highest BCUT2D eigenvalue weighted by Gasteiger charge is 2.45. The lowest BCUT2D eigenvalue weighted by atomic mass is 9.83. The first kappa shape index (κ1) is 22.9. The Hall–Kier alpha value is -3.27. The summed E-state index contributed by atoms with van der Waals surface area (Å²) in [4.78, 5) is 24.9. The summed E-state index contributed by atoms with van der Waals surface area (Å²) in [7, 11) is 0. The average molecular weight is 457 g/mol. The van der Waals surface area contributed by atoms with E-state index in [4.69, 9.17) is 4.74 Å². The first-order chi connectivity index (χ1) is 15.7. The normalized spacial score (nSPS) is 18.6. The summed E-state index contributed by atoms with van der Waals surface area (Å²) in [6.07, 6.45) is 1.17. The zero-order chi connectivity index (χ0) is 23.8. The van der Waals surface area contributed by atoms with Crippen molar-refractivity contribution in [3.05, 3.63) is 36.3 Å². The van der Waals surface area contributed by atoms with Crippen LogP contribution < -0.4 is 4.90 Å². The number of ether oxygens (including phenoxy) is 1. The van der Waals surface area contributed by atoms with Gasteiger partial charge in [0.1, 0.15) is 11.5 Å². The molecular weight excluding hydrogens is 427 g/mol. The Morgan fingerprint density at radius 2 is 2.15 bits per heavy atom. The van der Waals surface area contributed by atoms with Crippen LogP contribution in [0.15, 0.2) is 30.5 Å². The molecule has 1 aliphatic heterocycles. The molecule has 2 atom stereocenters. The van der Waals surface area contributed by atoms with E-state index >= 15 is 0 Å². The van der Waals surface area contributed by atoms with E-state index < -0.39 is 23.6 Å². The summed E-state index contributed by atoms with van der Waals surface area (Å²) < 4.78 is 20.0. The van der Waals surface area contributed by atoms with Crippen LogP contribution in [-0.2, 0) is 4.74 Å². The number of H-pyrrole nitrogens is 1. The number of aliphatic hydroxyl groups is 1. The molecule has 4 rings (SSSR count). The molecule has 0 spiro atoms. The van der Waals surface area contributed by atoms with E-state index in [0.717, 1.165) is 0 Å². The zero-order valence-corrected chi connectivity index (χ0v) is 19.2. The van der Waals surface area contributed by atoms with Crippen molar-refractivity contribution >= 4 is 22.9 Å². The molecule has 2 N–H and O–H groups in total. The van der Waals surface area contributed by atoms with Gasteiger partial charge < -0.3 is 14.7 Å². The summed E-state index contributed by atoms with van der Waals surface area (Å²) in [6, 6.07) is 6.02. The second-order valence-corrected chi connectivity index (χ2v) is 8.71. The van der Waals surface area contributed by atoms with Gasteiger partial charge in [0.15, 0.2) is 11.5 Å². The molecule has 2 unspecified atom stereocenters. The Balaban J connectivity index is 1.68. The van der Waals surface area contributed by atoms with E-state index in [0.29, 0.717) is 42.2 Å². The molecule has 1 aliphatic rings. The lowest BCUT2D eigenvalue weighted by Gasteiger charge is -2.48. The number of halogens is 1. The quantitative estimate of drug-likeness (QED) is 0.607. The van der Waals surface area contributed by atoms with Gasteiger partial charge in [0.25, 0.3) is 0 Å². The molecule has 1 fully saturated rings. The number of carbonyl (C=O) groups is 1. The monoisotopic (exact) mass is 456 g/mol. The van der Waals surface area contributed by atoms with Gasteiger partial charge in [-0.1, -0.05) is 13.8 Å². The van der Waals surface area contributed by atoms with Gasteiger partial charge in [0.2, 0.25) is 0 Å². The Morgan fingerprint density at radius 1 is 1.36 bits per heavy atom. The van der Waals surface area contributed by atoms with E-state index in [-0.39, 0.29) is 18.2 Å². The molecule has 10 heteroatoms. The average Bonchev–Trinajstić information content (AvgIpc) is 3.23. The van der Waals surface area contributed by atoms with Crippen LogP contribution in [0.4, 0.5) is 15.0 Å². The fourth-order valence-electron chi connectivity index (χ4n) is 4.12. The molecule has 1 saturated heterocycles. The highest BCUT2D eigenvalue weighted by atomic mass is 19.1. The number of carbonyl (C=O) groups excluding carboxylic acids is 1. The Kier molecular flexibility index (Phi) is 6.20. The number of anilines is 1. The fraction of sp³-hybridized carbons (Fsp3) is 0.478. The number of pyridine rings is 2. The van der Waals surface area contributed by atoms with Gasteiger partial charge >= 0.3 is 6.09 Å². The van der Waals surface area contributed by atoms with Crippen molar-refractivity contribution in [1.82, 2.24) is 25.1 Å². The Bertz CT molecular complexity index is 1150. The maximum Gasteiger partial charge on any atom is 0.410 e. The molecule has 176 valence electrons. The minimum Gasteiger partial charge on any atom is -0.450 e. The van der Waals surface area contributed by atoms with Gasteiger partial charge in [-0.15, -0.1) is 0 Å². The highest BCUT2D eigenvalue weighted by molar-refractivity contribution is 5.89. The minimum atomic E-state index is -1.17. The molecule has 3 aromatic rings. The molecule has 0 aromatic carbocycles. The van der Waals surface area contributed by atoms with Crippen LogP contribution >= 0.6 is 0 Å². The topological polar surface area (TPSA) is 107 Å². The number of nitrogens with zero attached hydrogens (tertiary/aromatic N) is 5. The summed E-state index contributed by atoms with van der Waals surface area (Å²) in [6.45, 7) is 8.69. The van der Waals surface area contributed by atoms with Gasteiger partial charge in [-0.2, -0.15) is 5.10 Å². The van der Waals surface area contributed by atoms with E-state index in [1.54, 1.807) is 37.1 Å². The van der Waals surface area contributed by atoms with Crippen LogP contribution in [0.1, 0.15) is 27.7 Å². The van der Waals surface area contributed by atoms with Gasteiger partial charge in [-0.25, -0.2) is 19.2 Å². The number of hydrogen-bond acceptors (Lipinski definition) is 7. The largest absolute Gasteiger partial charge is 0.450 e. The summed E-state index contributed by atoms with van der Waals surface area (Å²) in [5.74, 6) is -0.0462. The van der Waals surface area contributed by atoms with Crippen LogP contribution in [-0.4, -0.2) is 74.1 Å². The van der Waals surface area contributed by atoms with Crippen LogP contribution in [0.25, 0.3) is 22.4 Å². The lowest BCUT2D eigenvalue weighted by molar-refractivity contribution is -0.0653. The smallest absolute Gasteiger partial charge is 0.410 e. The third-order valence-electron chi connectivity index (χ3n) is 6.45. The van der Waals surface area contributed by atoms with Crippen molar-refractivity contribution in [2.45, 2.75) is 39.3 Å². The molecule has 0 aliphatic carbocycles. The van der Waals surface area contributed by atoms with Crippen molar-refractivity contribution in [1.29, 1.82) is 0 Å². The van der Waals surface area contributed by atoms with Crippen molar-refractivity contribution in [2.24, 2.45) is 5.92 Å². The first-order valence-electron chi connectivity index (χ1n) is 11.1. The molecular formula is C23H29FN6O3. The number of aromatic amines is 1. The number of amides is 1. The number of fused-ring (bicyclic) bond motifs is 1. The molecule has 3 aromatic heterocycles. The zero-order valence-electron chi connectivity index (χ0n) is 19.2. The molecule has 33 heavy (non-hydrogen) atoms. The molecule has 0 saturated carbocycles. The van der Waals surface area contributed by atoms with Gasteiger partial charge in [-0.3, -0.25) is 10.00 Å². The third kappa shape index (κ3) is 4.22. The predicted molar refractivity (Wildman–Crippen MR) is 122 cm³/mol. The molecule has 1 amide bonds. The number of rotatable bonds is 5. The minimum absolute atomic E-state index is 0.111. The summed E-state index contributed by atoms with van der Waals surface area (Å²) in [5.41, 5.74) is -0.0916. The van der Waals surface area contributed by atoms with Gasteiger partial charge in [0.05, 0.1) is 23.9 Å². The maximum atomic E-state index is 14.8. The van der Waals surface area contributed by atoms with Crippen LogP contribution in [0.5, 0.6) is 0 Å². The standard InChI is InChI=1S/C23H29FN6O3/c1-5-33-22(31)30-12-11-29(13-17(30)23(4,32)14(2)3)18-9-8-16(24)20(26-18)19-15-7-6-10-25-21(15)28-27-19/h6-10,14,17,32H,5,11-13H2,1-4H3,(H,25,27,28). The predicted octanol–water partition coefficient (Wildman–Crippen LogP) is 3.21. The Labute approximate surface area is 191 Å². The van der Waals surface area contributed by atoms with Crippen LogP contribution in [0.2, 0.25) is 0 Å². The molecule has 0 radical (unpaired) electrons. The first-order valence-corrected chi connectivity index (χ1v) is 11.1. The van der Waals surface area contributed by atoms with Crippen molar-refractivity contribution in [2.75, 3.05) is 31.1 Å². The molecule has 0 bridgehead atoms. The number of piperazine rings is 1. The van der Waals surface area contributed by atoms with Crippen molar-refractivity contribution in [3.63, 3.8) is 0 Å². The second-order valence-electron chi connectivity index (χ2n) is 8.71. The van der Waals surface area contributed by atoms with Crippen molar-refractivity contribution in [3.8, 4) is 11.4 Å². The number of aromatic nitrogens is 4. The molecule has 4 heterocycles. The van der Waals surface area contributed by atoms with E-state index in [1.807, 2.05) is 24.8 Å². The highest BCUT2D eigenvalue weighted by Crippen LogP contribution is 2.32. The lowest BCUT2D eigenvalue weighted by Crippen LogP contribution is -2.65. The summed E-state index contributed by atoms with van der Waals surface area (Å²) in [5, 5.41) is 18.9. The summed E-state index contributed by atoms with van der Waals surface area (Å²) >= 11 is 0. The van der Waals surface area contributed by atoms with Gasteiger partial charge in [0, 0.05) is 31.2 Å². The Morgan fingerprint density at radius 3 is 2.88 bits per heavy atom. The van der Waals surface area contributed by atoms with E-state index in [2.05, 4.69) is 20.2 Å². The van der Waals surface area contributed by atoms with Crippen LogP contribution in [0, 0.1) is 11.7 Å². The van der Waals surface area contributed by atoms with E-state index in [1.165, 1.54) is 6.07 Å². The van der Waals surface area contributed by atoms with Crippen molar-refractivity contribution < 1.29 is 19.0 Å². The number of nitrogens with one attached hydrogen (secondary N) is 1. The molecule has 9 nitrogen and oxygen atoms in total. The SMILES string of the molecule is CCOC(=O)N1CCN(c2ccc(F)c(-c3[nH]nc4ncccc34)n2)CC1C(C)(O)C(C)C. The number of hydrogen-bond donors (Lipinski definition) is 2. The third-order valence-corrected chi connectivity index (χ3v) is 6.45. The van der Waals surface area contributed by atoms with Crippen LogP contribution in [0.3, 0.4) is 0 Å².